The molecule has 11 heavy (non-hydrogen) atoms. The molecular formula is C7H18N2O2. The quantitative estimate of drug-likeness (QED) is 0.532. The van der Waals surface area contributed by atoms with E-state index in [2.05, 4.69) is 5.32 Å². The minimum absolute atomic E-state index is 0.0651. The van der Waals surface area contributed by atoms with Crippen molar-refractivity contribution < 1.29 is 9.84 Å². The Labute approximate surface area is 68.1 Å². The first-order chi connectivity index (χ1) is 5.13. The lowest BCUT2D eigenvalue weighted by atomic mass is 10.4. The lowest BCUT2D eigenvalue weighted by Gasteiger charge is -2.37. The van der Waals surface area contributed by atoms with Crippen molar-refractivity contribution in [3.8, 4) is 0 Å². The molecule has 4 nitrogen and oxygen atoms in total. The lowest BCUT2D eigenvalue weighted by molar-refractivity contribution is -0.177. The summed E-state index contributed by atoms with van der Waals surface area (Å²) in [6.45, 7) is 2.40. The van der Waals surface area contributed by atoms with Gasteiger partial charge in [-0.15, -0.1) is 0 Å². The molecule has 1 unspecified atom stereocenters. The minimum atomic E-state index is -0.727. The fourth-order valence-corrected chi connectivity index (χ4v) is 0.930. The Hall–Kier alpha value is -0.160. The molecule has 0 aliphatic carbocycles. The van der Waals surface area contributed by atoms with E-state index in [1.165, 1.54) is 0 Å². The van der Waals surface area contributed by atoms with Crippen LogP contribution in [0.4, 0.5) is 0 Å². The molecular weight excluding hydrogens is 144 g/mol. The van der Waals surface area contributed by atoms with Crippen LogP contribution in [0.25, 0.3) is 0 Å². The molecule has 4 heteroatoms. The van der Waals surface area contributed by atoms with Crippen molar-refractivity contribution >= 4 is 0 Å². The summed E-state index contributed by atoms with van der Waals surface area (Å²) in [5.74, 6) is -0.727. The summed E-state index contributed by atoms with van der Waals surface area (Å²) < 4.78 is 5.35. The summed E-state index contributed by atoms with van der Waals surface area (Å²) in [5, 5.41) is 12.0. The first-order valence-electron chi connectivity index (χ1n) is 3.74. The molecule has 0 amide bonds. The average molecular weight is 162 g/mol. The zero-order chi connectivity index (χ0) is 8.91. The number of nitrogens with one attached hydrogen (secondary N) is 1. The molecule has 0 heterocycles. The molecule has 0 fully saturated rings. The Morgan fingerprint density at radius 1 is 1.55 bits per heavy atom. The van der Waals surface area contributed by atoms with Crippen molar-refractivity contribution in [3.05, 3.63) is 0 Å². The van der Waals surface area contributed by atoms with E-state index >= 15 is 0 Å². The second-order valence-corrected chi connectivity index (χ2v) is 2.52. The van der Waals surface area contributed by atoms with Gasteiger partial charge in [-0.05, 0) is 28.1 Å². The summed E-state index contributed by atoms with van der Waals surface area (Å²) in [4.78, 5) is 1.80. The maximum atomic E-state index is 9.05. The second kappa shape index (κ2) is 4.66. The lowest BCUT2D eigenvalue weighted by Crippen LogP contribution is -2.59. The fourth-order valence-electron chi connectivity index (χ4n) is 0.930. The largest absolute Gasteiger partial charge is 0.390 e. The number of nitrogens with zero attached hydrogens (tertiary/aromatic N) is 1. The topological polar surface area (TPSA) is 44.7 Å². The van der Waals surface area contributed by atoms with Crippen molar-refractivity contribution in [2.24, 2.45) is 0 Å². The highest BCUT2D eigenvalue weighted by molar-refractivity contribution is 4.71. The predicted octanol–water partition coefficient (Wildman–Crippen LogP) is -0.550. The summed E-state index contributed by atoms with van der Waals surface area (Å²) in [6, 6.07) is 0. The SMILES string of the molecule is CCOC(CO)(NC)N(C)C. The van der Waals surface area contributed by atoms with Gasteiger partial charge in [0.25, 0.3) is 0 Å². The number of aliphatic hydroxyl groups is 1. The Bertz CT molecular complexity index is 103. The Balaban J connectivity index is 4.20. The molecule has 0 aromatic heterocycles. The van der Waals surface area contributed by atoms with Crippen LogP contribution in [0.2, 0.25) is 0 Å². The van der Waals surface area contributed by atoms with E-state index in [0.717, 1.165) is 0 Å². The highest BCUT2D eigenvalue weighted by atomic mass is 16.5. The monoisotopic (exact) mass is 162 g/mol. The molecule has 0 aliphatic heterocycles. The molecule has 2 N–H and O–H groups in total. The zero-order valence-electron chi connectivity index (χ0n) is 7.72. The van der Waals surface area contributed by atoms with Crippen LogP contribution in [0, 0.1) is 0 Å². The van der Waals surface area contributed by atoms with Crippen molar-refractivity contribution in [1.29, 1.82) is 0 Å². The van der Waals surface area contributed by atoms with Gasteiger partial charge in [0.15, 0.2) is 5.85 Å². The third-order valence-electron chi connectivity index (χ3n) is 1.71. The van der Waals surface area contributed by atoms with Crippen LogP contribution in [-0.2, 0) is 4.74 Å². The van der Waals surface area contributed by atoms with Crippen LogP contribution in [0.1, 0.15) is 6.92 Å². The number of ether oxygens (including phenoxy) is 1. The summed E-state index contributed by atoms with van der Waals surface area (Å²) in [7, 11) is 5.46. The molecule has 0 spiro atoms. The van der Waals surface area contributed by atoms with Gasteiger partial charge in [-0.3, -0.25) is 10.2 Å². The van der Waals surface area contributed by atoms with Gasteiger partial charge in [0.2, 0.25) is 0 Å². The van der Waals surface area contributed by atoms with Gasteiger partial charge in [-0.2, -0.15) is 0 Å². The normalized spacial score (nSPS) is 16.9. The van der Waals surface area contributed by atoms with Gasteiger partial charge in [0, 0.05) is 6.61 Å². The van der Waals surface area contributed by atoms with E-state index in [9.17, 15) is 0 Å². The van der Waals surface area contributed by atoms with E-state index in [-0.39, 0.29) is 6.61 Å². The van der Waals surface area contributed by atoms with Crippen molar-refractivity contribution in [1.82, 2.24) is 10.2 Å². The van der Waals surface area contributed by atoms with Gasteiger partial charge >= 0.3 is 0 Å². The van der Waals surface area contributed by atoms with Crippen molar-refractivity contribution in [2.45, 2.75) is 12.8 Å². The molecule has 68 valence electrons. The molecule has 0 radical (unpaired) electrons. The van der Waals surface area contributed by atoms with E-state index in [0.29, 0.717) is 6.61 Å². The molecule has 0 rings (SSSR count). The van der Waals surface area contributed by atoms with Crippen LogP contribution in [0.5, 0.6) is 0 Å². The summed E-state index contributed by atoms with van der Waals surface area (Å²) in [5.41, 5.74) is 0. The first-order valence-corrected chi connectivity index (χ1v) is 3.74. The maximum absolute atomic E-state index is 9.05. The molecule has 1 atom stereocenters. The minimum Gasteiger partial charge on any atom is -0.390 e. The summed E-state index contributed by atoms with van der Waals surface area (Å²) >= 11 is 0. The molecule has 0 bridgehead atoms. The van der Waals surface area contributed by atoms with Crippen LogP contribution >= 0.6 is 0 Å². The second-order valence-electron chi connectivity index (χ2n) is 2.52. The number of hydrogen-bond acceptors (Lipinski definition) is 4. The molecule has 0 saturated heterocycles. The highest BCUT2D eigenvalue weighted by Crippen LogP contribution is 2.07. The van der Waals surface area contributed by atoms with Crippen LogP contribution < -0.4 is 5.32 Å². The zero-order valence-corrected chi connectivity index (χ0v) is 7.72. The fraction of sp³-hybridized carbons (Fsp3) is 1.00. The predicted molar refractivity (Wildman–Crippen MR) is 44.2 cm³/mol. The van der Waals surface area contributed by atoms with Crippen LogP contribution in [0.3, 0.4) is 0 Å². The average Bonchev–Trinajstić information content (AvgIpc) is 2.00. The number of hydrogen-bond donors (Lipinski definition) is 2. The van der Waals surface area contributed by atoms with E-state index in [1.54, 1.807) is 11.9 Å². The molecule has 0 aliphatic rings. The summed E-state index contributed by atoms with van der Waals surface area (Å²) in [6.07, 6.45) is 0. The Morgan fingerprint density at radius 3 is 2.18 bits per heavy atom. The number of aliphatic hydroxyl groups excluding tert-OH is 1. The number of likely N-dealkylation sites (N-methyl/N-ethyl adjacent to an activating group) is 2. The maximum Gasteiger partial charge on any atom is 0.200 e. The molecule has 0 saturated carbocycles. The van der Waals surface area contributed by atoms with Gasteiger partial charge in [0.05, 0.1) is 0 Å². The van der Waals surface area contributed by atoms with E-state index in [4.69, 9.17) is 9.84 Å². The molecule has 0 aromatic carbocycles. The Morgan fingerprint density at radius 2 is 2.09 bits per heavy atom. The van der Waals surface area contributed by atoms with Gasteiger partial charge < -0.3 is 9.84 Å². The number of rotatable bonds is 5. The molecule has 0 aromatic rings. The van der Waals surface area contributed by atoms with E-state index in [1.807, 2.05) is 21.0 Å². The Kier molecular flexibility index (Phi) is 4.60. The standard InChI is InChI=1S/C7H18N2O2/c1-5-11-7(6-10,8-2)9(3)4/h8,10H,5-6H2,1-4H3. The van der Waals surface area contributed by atoms with Crippen LogP contribution in [-0.4, -0.2) is 50.2 Å². The van der Waals surface area contributed by atoms with Gasteiger partial charge in [-0.1, -0.05) is 0 Å². The first kappa shape index (κ1) is 10.8. The van der Waals surface area contributed by atoms with Gasteiger partial charge in [0.1, 0.15) is 6.61 Å². The third kappa shape index (κ3) is 2.41. The smallest absolute Gasteiger partial charge is 0.200 e. The third-order valence-corrected chi connectivity index (χ3v) is 1.71. The van der Waals surface area contributed by atoms with Crippen molar-refractivity contribution in [2.75, 3.05) is 34.4 Å². The van der Waals surface area contributed by atoms with Gasteiger partial charge in [-0.25, -0.2) is 0 Å². The van der Waals surface area contributed by atoms with E-state index < -0.39 is 5.85 Å². The highest BCUT2D eigenvalue weighted by Gasteiger charge is 2.30. The van der Waals surface area contributed by atoms with Crippen molar-refractivity contribution in [3.63, 3.8) is 0 Å². The van der Waals surface area contributed by atoms with Crippen LogP contribution in [0.15, 0.2) is 0 Å².